The summed E-state index contributed by atoms with van der Waals surface area (Å²) in [6, 6.07) is -0.0923. The number of hydrogen-bond acceptors (Lipinski definition) is 3. The van der Waals surface area contributed by atoms with Crippen molar-refractivity contribution in [3.05, 3.63) is 11.6 Å². The van der Waals surface area contributed by atoms with Gasteiger partial charge in [0.1, 0.15) is 0 Å². The van der Waals surface area contributed by atoms with Crippen molar-refractivity contribution < 1.29 is 9.53 Å². The summed E-state index contributed by atoms with van der Waals surface area (Å²) >= 11 is 0. The van der Waals surface area contributed by atoms with E-state index in [4.69, 9.17) is 10.5 Å². The molecule has 0 radical (unpaired) electrons. The number of nitrogens with two attached hydrogens (primary N) is 1. The summed E-state index contributed by atoms with van der Waals surface area (Å²) in [6.45, 7) is 1.04. The molecule has 0 bridgehead atoms. The Balaban J connectivity index is 2.03. The van der Waals surface area contributed by atoms with Gasteiger partial charge in [-0.25, -0.2) is 0 Å². The van der Waals surface area contributed by atoms with E-state index in [0.29, 0.717) is 13.2 Å². The van der Waals surface area contributed by atoms with Crippen LogP contribution in [-0.2, 0) is 9.53 Å². The summed E-state index contributed by atoms with van der Waals surface area (Å²) in [5, 5.41) is 0. The van der Waals surface area contributed by atoms with Crippen LogP contribution in [0.2, 0.25) is 0 Å². The average Bonchev–Trinajstić information content (AvgIpc) is 2.65. The number of carbonyl (C=O) groups excluding carboxylic acids is 1. The van der Waals surface area contributed by atoms with Crippen molar-refractivity contribution in [2.75, 3.05) is 13.2 Å². The molecule has 78 valence electrons. The third-order valence-electron chi connectivity index (χ3n) is 3.07. The molecule has 2 unspecified atom stereocenters. The van der Waals surface area contributed by atoms with Crippen LogP contribution in [0, 0.1) is 5.92 Å². The van der Waals surface area contributed by atoms with E-state index >= 15 is 0 Å². The lowest BCUT2D eigenvalue weighted by Crippen LogP contribution is -2.35. The summed E-state index contributed by atoms with van der Waals surface area (Å²) in [5.74, 6) is 0.147. The molecule has 2 atom stereocenters. The van der Waals surface area contributed by atoms with Gasteiger partial charge in [-0.15, -0.1) is 0 Å². The van der Waals surface area contributed by atoms with Gasteiger partial charge in [-0.1, -0.05) is 6.08 Å². The summed E-state index contributed by atoms with van der Waals surface area (Å²) in [5.41, 5.74) is 6.80. The van der Waals surface area contributed by atoms with Gasteiger partial charge in [-0.2, -0.15) is 0 Å². The van der Waals surface area contributed by atoms with Gasteiger partial charge in [0.15, 0.2) is 5.78 Å². The highest BCUT2D eigenvalue weighted by atomic mass is 16.5. The normalized spacial score (nSPS) is 32.8. The number of ketones is 1. The molecule has 0 aromatic carbocycles. The van der Waals surface area contributed by atoms with Gasteiger partial charge >= 0.3 is 0 Å². The predicted molar refractivity (Wildman–Crippen MR) is 53.8 cm³/mol. The fraction of sp³-hybridized carbons (Fsp3) is 0.727. The van der Waals surface area contributed by atoms with Gasteiger partial charge in [0, 0.05) is 6.04 Å². The second kappa shape index (κ2) is 4.24. The molecule has 1 aliphatic carbocycles. The smallest absolute Gasteiger partial charge is 0.165 e. The number of hydrogen-bond donors (Lipinski definition) is 1. The van der Waals surface area contributed by atoms with Crippen molar-refractivity contribution >= 4 is 5.78 Å². The lowest BCUT2D eigenvalue weighted by atomic mass is 9.88. The molecule has 14 heavy (non-hydrogen) atoms. The van der Waals surface area contributed by atoms with E-state index in [9.17, 15) is 4.79 Å². The Morgan fingerprint density at radius 3 is 2.86 bits per heavy atom. The maximum absolute atomic E-state index is 12.0. The molecule has 3 nitrogen and oxygen atoms in total. The third kappa shape index (κ3) is 1.88. The van der Waals surface area contributed by atoms with Gasteiger partial charge in [0.05, 0.1) is 19.1 Å². The highest BCUT2D eigenvalue weighted by Gasteiger charge is 2.32. The molecule has 2 aliphatic rings. The van der Waals surface area contributed by atoms with Crippen molar-refractivity contribution in [2.24, 2.45) is 11.7 Å². The molecule has 3 heteroatoms. The average molecular weight is 195 g/mol. The van der Waals surface area contributed by atoms with Crippen molar-refractivity contribution in [2.45, 2.75) is 31.7 Å². The van der Waals surface area contributed by atoms with Gasteiger partial charge in [-0.3, -0.25) is 4.79 Å². The second-order valence-electron chi connectivity index (χ2n) is 4.15. The zero-order chi connectivity index (χ0) is 9.97. The minimum Gasteiger partial charge on any atom is -0.379 e. The predicted octanol–water partition coefficient (Wildman–Crippen LogP) is 1.03. The Labute approximate surface area is 84.3 Å². The zero-order valence-corrected chi connectivity index (χ0v) is 8.37. The monoisotopic (exact) mass is 195 g/mol. The number of ether oxygens (including phenoxy) is 1. The first kappa shape index (κ1) is 9.87. The van der Waals surface area contributed by atoms with Crippen LogP contribution in [0.5, 0.6) is 0 Å². The lowest BCUT2D eigenvalue weighted by Gasteiger charge is -2.17. The Morgan fingerprint density at radius 1 is 1.43 bits per heavy atom. The van der Waals surface area contributed by atoms with E-state index in [1.165, 1.54) is 6.42 Å². The lowest BCUT2D eigenvalue weighted by molar-refractivity contribution is -0.119. The van der Waals surface area contributed by atoms with Crippen LogP contribution in [0.3, 0.4) is 0 Å². The first-order valence-electron chi connectivity index (χ1n) is 5.35. The van der Waals surface area contributed by atoms with Crippen molar-refractivity contribution in [1.29, 1.82) is 0 Å². The van der Waals surface area contributed by atoms with Crippen molar-refractivity contribution in [1.82, 2.24) is 0 Å². The molecule has 1 saturated heterocycles. The highest BCUT2D eigenvalue weighted by Crippen LogP contribution is 2.24. The van der Waals surface area contributed by atoms with Crippen LogP contribution < -0.4 is 5.73 Å². The molecule has 1 fully saturated rings. The molecule has 0 amide bonds. The minimum atomic E-state index is -0.0923. The van der Waals surface area contributed by atoms with E-state index in [1.807, 2.05) is 0 Å². The fourth-order valence-electron chi connectivity index (χ4n) is 2.14. The van der Waals surface area contributed by atoms with Crippen LogP contribution in [0.1, 0.15) is 25.7 Å². The molecule has 0 aromatic heterocycles. The topological polar surface area (TPSA) is 52.3 Å². The van der Waals surface area contributed by atoms with E-state index in [1.54, 1.807) is 0 Å². The Morgan fingerprint density at radius 2 is 2.29 bits per heavy atom. The summed E-state index contributed by atoms with van der Waals surface area (Å²) in [6.07, 6.45) is 6.41. The molecule has 2 rings (SSSR count). The first-order valence-corrected chi connectivity index (χ1v) is 5.35. The van der Waals surface area contributed by atoms with Crippen LogP contribution in [-0.4, -0.2) is 25.0 Å². The molecular formula is C11H17NO2. The number of Topliss-reactive ketones (excluding diaryl/α,β-unsaturated/α-hetero) is 1. The molecule has 0 spiro atoms. The Bertz CT molecular complexity index is 260. The number of allylic oxidation sites excluding steroid dienone is 2. The summed E-state index contributed by atoms with van der Waals surface area (Å²) < 4.78 is 5.21. The molecular weight excluding hydrogens is 178 g/mol. The fourth-order valence-corrected chi connectivity index (χ4v) is 2.14. The SMILES string of the molecule is NC1COCC1C(=O)C1=CCCCC1. The third-order valence-corrected chi connectivity index (χ3v) is 3.07. The Hall–Kier alpha value is -0.670. The molecule has 0 aromatic rings. The van der Waals surface area contributed by atoms with Crippen LogP contribution in [0.25, 0.3) is 0 Å². The van der Waals surface area contributed by atoms with E-state index in [2.05, 4.69) is 6.08 Å². The Kier molecular flexibility index (Phi) is 2.99. The largest absolute Gasteiger partial charge is 0.379 e. The van der Waals surface area contributed by atoms with Crippen LogP contribution >= 0.6 is 0 Å². The number of rotatable bonds is 2. The van der Waals surface area contributed by atoms with Crippen LogP contribution in [0.15, 0.2) is 11.6 Å². The first-order chi connectivity index (χ1) is 6.79. The maximum Gasteiger partial charge on any atom is 0.165 e. The van der Waals surface area contributed by atoms with Crippen LogP contribution in [0.4, 0.5) is 0 Å². The standard InChI is InChI=1S/C11H17NO2/c12-10-7-14-6-9(10)11(13)8-4-2-1-3-5-8/h4,9-10H,1-3,5-7,12H2. The molecule has 1 heterocycles. The highest BCUT2D eigenvalue weighted by molar-refractivity contribution is 5.98. The second-order valence-corrected chi connectivity index (χ2v) is 4.15. The van der Waals surface area contributed by atoms with Gasteiger partial charge in [0.25, 0.3) is 0 Å². The summed E-state index contributed by atoms with van der Waals surface area (Å²) in [7, 11) is 0. The van der Waals surface area contributed by atoms with Gasteiger partial charge in [-0.05, 0) is 31.3 Å². The van der Waals surface area contributed by atoms with Crippen molar-refractivity contribution in [3.63, 3.8) is 0 Å². The molecule has 2 N–H and O–H groups in total. The van der Waals surface area contributed by atoms with Crippen molar-refractivity contribution in [3.8, 4) is 0 Å². The van der Waals surface area contributed by atoms with E-state index in [-0.39, 0.29) is 17.7 Å². The summed E-state index contributed by atoms with van der Waals surface area (Å²) in [4.78, 5) is 12.0. The maximum atomic E-state index is 12.0. The zero-order valence-electron chi connectivity index (χ0n) is 8.37. The number of carbonyl (C=O) groups is 1. The van der Waals surface area contributed by atoms with E-state index < -0.39 is 0 Å². The van der Waals surface area contributed by atoms with E-state index in [0.717, 1.165) is 24.8 Å². The quantitative estimate of drug-likeness (QED) is 0.716. The van der Waals surface area contributed by atoms with Gasteiger partial charge in [0.2, 0.25) is 0 Å². The molecule has 0 saturated carbocycles. The minimum absolute atomic E-state index is 0.0839. The van der Waals surface area contributed by atoms with Gasteiger partial charge < -0.3 is 10.5 Å². The molecule has 1 aliphatic heterocycles.